The molecule has 1 unspecified atom stereocenters. The summed E-state index contributed by atoms with van der Waals surface area (Å²) in [6.45, 7) is 3.58. The normalized spacial score (nSPS) is 15.8. The van der Waals surface area contributed by atoms with Gasteiger partial charge in [-0.3, -0.25) is 9.89 Å². The van der Waals surface area contributed by atoms with Gasteiger partial charge in [0, 0.05) is 41.5 Å². The molecule has 1 aliphatic rings. The van der Waals surface area contributed by atoms with Crippen molar-refractivity contribution < 1.29 is 4.79 Å². The lowest BCUT2D eigenvalue weighted by Gasteiger charge is -2.25. The Bertz CT molecular complexity index is 1110. The Morgan fingerprint density at radius 3 is 2.76 bits per heavy atom. The molecule has 5 rings (SSSR count). The van der Waals surface area contributed by atoms with Gasteiger partial charge in [0.15, 0.2) is 0 Å². The van der Waals surface area contributed by atoms with Gasteiger partial charge in [-0.25, -0.2) is 4.98 Å². The van der Waals surface area contributed by atoms with E-state index in [-0.39, 0.29) is 11.9 Å². The molecule has 0 bridgehead atoms. The van der Waals surface area contributed by atoms with Crippen LogP contribution in [0.2, 0.25) is 0 Å². The minimum Gasteiger partial charge on any atom is -0.337 e. The molecule has 0 saturated heterocycles. The van der Waals surface area contributed by atoms with Crippen molar-refractivity contribution in [3.63, 3.8) is 0 Å². The number of benzene rings is 1. The first-order valence-corrected chi connectivity index (χ1v) is 10.6. The number of imidazole rings is 1. The van der Waals surface area contributed by atoms with Crippen LogP contribution in [0.25, 0.3) is 11.3 Å². The summed E-state index contributed by atoms with van der Waals surface area (Å²) in [6.07, 6.45) is 6.40. The molecule has 146 valence electrons. The molecule has 6 nitrogen and oxygen atoms in total. The number of hydrogen-bond donors (Lipinski definition) is 1. The summed E-state index contributed by atoms with van der Waals surface area (Å²) in [7, 11) is 0. The van der Waals surface area contributed by atoms with Crippen LogP contribution in [0.1, 0.15) is 39.0 Å². The maximum atomic E-state index is 13.2. The zero-order valence-electron chi connectivity index (χ0n) is 16.1. The summed E-state index contributed by atoms with van der Waals surface area (Å²) in [5, 5.41) is 9.61. The van der Waals surface area contributed by atoms with E-state index in [9.17, 15) is 4.79 Å². The van der Waals surface area contributed by atoms with Crippen LogP contribution in [0.15, 0.2) is 60.5 Å². The van der Waals surface area contributed by atoms with Crippen molar-refractivity contribution >= 4 is 17.2 Å². The average Bonchev–Trinajstić information content (AvgIpc) is 3.50. The number of rotatable bonds is 6. The number of hydrogen-bond acceptors (Lipinski definition) is 4. The molecule has 4 heterocycles. The second kappa shape index (κ2) is 7.33. The Morgan fingerprint density at radius 2 is 2.03 bits per heavy atom. The Balaban J connectivity index is 1.50. The van der Waals surface area contributed by atoms with E-state index >= 15 is 0 Å². The van der Waals surface area contributed by atoms with E-state index in [2.05, 4.69) is 57.8 Å². The van der Waals surface area contributed by atoms with Crippen molar-refractivity contribution in [2.45, 2.75) is 25.9 Å². The van der Waals surface area contributed by atoms with Crippen LogP contribution < -0.4 is 0 Å². The fraction of sp³-hybridized carbons (Fsp3) is 0.227. The van der Waals surface area contributed by atoms with Crippen molar-refractivity contribution in [1.29, 1.82) is 0 Å². The SMILES string of the molecule is Cc1ccc(-c2n[nH]c3c2C(c2cccs2)N(CCCn2ccnc2)C3=O)cc1. The summed E-state index contributed by atoms with van der Waals surface area (Å²) in [4.78, 5) is 20.5. The molecule has 0 saturated carbocycles. The van der Waals surface area contributed by atoms with E-state index < -0.39 is 0 Å². The molecule has 7 heteroatoms. The number of carbonyl (C=O) groups excluding carboxylic acids is 1. The van der Waals surface area contributed by atoms with Crippen molar-refractivity contribution in [2.24, 2.45) is 0 Å². The highest BCUT2D eigenvalue weighted by Crippen LogP contribution is 2.44. The molecule has 0 radical (unpaired) electrons. The predicted octanol–water partition coefficient (Wildman–Crippen LogP) is 4.28. The van der Waals surface area contributed by atoms with Gasteiger partial charge < -0.3 is 9.47 Å². The molecule has 4 aromatic rings. The Kier molecular flexibility index (Phi) is 4.52. The van der Waals surface area contributed by atoms with E-state index in [4.69, 9.17) is 0 Å². The van der Waals surface area contributed by atoms with Crippen molar-refractivity contribution in [1.82, 2.24) is 24.6 Å². The van der Waals surface area contributed by atoms with Gasteiger partial charge in [-0.15, -0.1) is 11.3 Å². The third-order valence-electron chi connectivity index (χ3n) is 5.38. The number of carbonyl (C=O) groups is 1. The molecule has 1 amide bonds. The van der Waals surface area contributed by atoms with E-state index in [0.717, 1.165) is 34.7 Å². The van der Waals surface area contributed by atoms with Crippen molar-refractivity contribution in [3.8, 4) is 11.3 Å². The van der Waals surface area contributed by atoms with Crippen LogP contribution in [-0.2, 0) is 6.54 Å². The van der Waals surface area contributed by atoms with E-state index in [0.29, 0.717) is 12.2 Å². The molecule has 1 atom stereocenters. The average molecular weight is 404 g/mol. The van der Waals surface area contributed by atoms with Gasteiger partial charge >= 0.3 is 0 Å². The molecule has 1 aromatic carbocycles. The largest absolute Gasteiger partial charge is 0.337 e. The van der Waals surface area contributed by atoms with Crippen molar-refractivity contribution in [3.05, 3.63) is 82.2 Å². The molecule has 0 fully saturated rings. The highest BCUT2D eigenvalue weighted by atomic mass is 32.1. The molecule has 0 aliphatic carbocycles. The van der Waals surface area contributed by atoms with Gasteiger partial charge in [0.05, 0.1) is 18.1 Å². The quantitative estimate of drug-likeness (QED) is 0.523. The van der Waals surface area contributed by atoms with Crippen LogP contribution >= 0.6 is 11.3 Å². The molecule has 3 aromatic heterocycles. The van der Waals surface area contributed by atoms with E-state index in [1.807, 2.05) is 28.1 Å². The number of thiophene rings is 1. The summed E-state index contributed by atoms with van der Waals surface area (Å²) in [5.41, 5.74) is 4.70. The fourth-order valence-corrected chi connectivity index (χ4v) is 4.79. The highest BCUT2D eigenvalue weighted by molar-refractivity contribution is 7.10. The second-order valence-electron chi connectivity index (χ2n) is 7.30. The Labute approximate surface area is 172 Å². The number of aromatic amines is 1. The van der Waals surface area contributed by atoms with Gasteiger partial charge in [-0.2, -0.15) is 5.10 Å². The number of nitrogens with zero attached hydrogens (tertiary/aromatic N) is 4. The molecular weight excluding hydrogens is 382 g/mol. The zero-order valence-corrected chi connectivity index (χ0v) is 16.9. The Hall–Kier alpha value is -3.19. The minimum absolute atomic E-state index is 0.0230. The highest BCUT2D eigenvalue weighted by Gasteiger charge is 2.42. The summed E-state index contributed by atoms with van der Waals surface area (Å²) >= 11 is 1.68. The lowest BCUT2D eigenvalue weighted by Crippen LogP contribution is -2.30. The predicted molar refractivity (Wildman–Crippen MR) is 113 cm³/mol. The lowest BCUT2D eigenvalue weighted by molar-refractivity contribution is 0.0741. The number of fused-ring (bicyclic) bond motifs is 1. The maximum absolute atomic E-state index is 13.2. The van der Waals surface area contributed by atoms with Gasteiger partial charge in [0.25, 0.3) is 5.91 Å². The van der Waals surface area contributed by atoms with Gasteiger partial charge in [-0.1, -0.05) is 35.9 Å². The number of nitrogens with one attached hydrogen (secondary N) is 1. The fourth-order valence-electron chi connectivity index (χ4n) is 3.94. The summed E-state index contributed by atoms with van der Waals surface area (Å²) in [5.74, 6) is 0.0230. The van der Waals surface area contributed by atoms with Crippen LogP contribution in [-0.4, -0.2) is 37.1 Å². The van der Waals surface area contributed by atoms with Gasteiger partial charge in [0.1, 0.15) is 5.69 Å². The van der Waals surface area contributed by atoms with Crippen molar-refractivity contribution in [2.75, 3.05) is 6.54 Å². The zero-order chi connectivity index (χ0) is 19.8. The van der Waals surface area contributed by atoms with Crippen LogP contribution in [0.4, 0.5) is 0 Å². The number of aromatic nitrogens is 4. The molecular formula is C22H21N5OS. The third-order valence-corrected chi connectivity index (χ3v) is 6.30. The smallest absolute Gasteiger partial charge is 0.273 e. The number of H-pyrrole nitrogens is 1. The number of amides is 1. The first-order valence-electron chi connectivity index (χ1n) is 9.68. The molecule has 0 spiro atoms. The lowest BCUT2D eigenvalue weighted by atomic mass is 10.00. The first-order chi connectivity index (χ1) is 14.2. The minimum atomic E-state index is -0.102. The Morgan fingerprint density at radius 1 is 1.17 bits per heavy atom. The van der Waals surface area contributed by atoms with Gasteiger partial charge in [-0.05, 0) is 24.8 Å². The standard InChI is InChI=1S/C22H21N5OS/c1-15-5-7-16(8-6-15)19-18-20(25-24-19)22(28)27(21(18)17-4-2-13-29-17)11-3-10-26-12-9-23-14-26/h2,4-9,12-14,21H,3,10-11H2,1H3,(H,24,25). The van der Waals surface area contributed by atoms with Crippen LogP contribution in [0, 0.1) is 6.92 Å². The summed E-state index contributed by atoms with van der Waals surface area (Å²) in [6, 6.07) is 12.3. The molecule has 1 aliphatic heterocycles. The molecule has 29 heavy (non-hydrogen) atoms. The van der Waals surface area contributed by atoms with E-state index in [1.54, 1.807) is 17.5 Å². The molecule has 1 N–H and O–H groups in total. The third kappa shape index (κ3) is 3.17. The monoisotopic (exact) mass is 403 g/mol. The first kappa shape index (κ1) is 17.9. The second-order valence-corrected chi connectivity index (χ2v) is 8.28. The van der Waals surface area contributed by atoms with Crippen LogP contribution in [0.5, 0.6) is 0 Å². The number of aryl methyl sites for hydroxylation is 2. The summed E-state index contributed by atoms with van der Waals surface area (Å²) < 4.78 is 2.04. The maximum Gasteiger partial charge on any atom is 0.273 e. The van der Waals surface area contributed by atoms with Gasteiger partial charge in [0.2, 0.25) is 0 Å². The topological polar surface area (TPSA) is 66.8 Å². The van der Waals surface area contributed by atoms with Crippen LogP contribution in [0.3, 0.4) is 0 Å². The van der Waals surface area contributed by atoms with E-state index in [1.165, 1.54) is 5.56 Å².